The lowest BCUT2D eigenvalue weighted by Crippen LogP contribution is -2.43. The molecule has 1 rings (SSSR count). The number of nitrogens with one attached hydrogen (secondary N) is 1. The van der Waals surface area contributed by atoms with Gasteiger partial charge in [0, 0.05) is 6.54 Å². The Morgan fingerprint density at radius 1 is 1.37 bits per heavy atom. The van der Waals surface area contributed by atoms with Crippen LogP contribution in [0, 0.1) is 11.8 Å². The molecule has 7 heteroatoms. The number of hydrogen-bond donors (Lipinski definition) is 2. The minimum Gasteiger partial charge on any atom is -0.444 e. The smallest absolute Gasteiger partial charge is 0.407 e. The van der Waals surface area contributed by atoms with Crippen LogP contribution in [0.3, 0.4) is 0 Å². The zero-order valence-corrected chi connectivity index (χ0v) is 12.6. The molecule has 112 valence electrons. The number of carbonyl (C=O) groups excluding carboxylic acids is 1. The van der Waals surface area contributed by atoms with Gasteiger partial charge < -0.3 is 15.8 Å². The highest BCUT2D eigenvalue weighted by molar-refractivity contribution is 7.91. The molecule has 0 aromatic rings. The summed E-state index contributed by atoms with van der Waals surface area (Å²) in [5.41, 5.74) is 5.08. The van der Waals surface area contributed by atoms with Gasteiger partial charge in [-0.2, -0.15) is 0 Å². The van der Waals surface area contributed by atoms with Gasteiger partial charge in [-0.3, -0.25) is 0 Å². The first-order valence-corrected chi connectivity index (χ1v) is 8.32. The van der Waals surface area contributed by atoms with Gasteiger partial charge in [0.2, 0.25) is 0 Å². The average molecular weight is 292 g/mol. The zero-order valence-electron chi connectivity index (χ0n) is 11.8. The molecule has 1 amide bonds. The van der Waals surface area contributed by atoms with Gasteiger partial charge in [0.25, 0.3) is 0 Å². The van der Waals surface area contributed by atoms with Crippen LogP contribution in [0.15, 0.2) is 0 Å². The first-order chi connectivity index (χ1) is 8.63. The van der Waals surface area contributed by atoms with Gasteiger partial charge in [-0.1, -0.05) is 0 Å². The van der Waals surface area contributed by atoms with E-state index in [9.17, 15) is 13.2 Å². The monoisotopic (exact) mass is 292 g/mol. The van der Waals surface area contributed by atoms with Crippen LogP contribution >= 0.6 is 0 Å². The summed E-state index contributed by atoms with van der Waals surface area (Å²) in [6.45, 7) is 6.11. The van der Waals surface area contributed by atoms with E-state index in [1.54, 1.807) is 20.8 Å². The quantitative estimate of drug-likeness (QED) is 0.790. The lowest BCUT2D eigenvalue weighted by molar-refractivity contribution is 0.0513. The Morgan fingerprint density at radius 2 is 2.00 bits per heavy atom. The minimum atomic E-state index is -2.97. The molecule has 0 unspecified atom stereocenters. The Balaban J connectivity index is 2.47. The number of amides is 1. The fourth-order valence-electron chi connectivity index (χ4n) is 2.17. The van der Waals surface area contributed by atoms with Crippen molar-refractivity contribution >= 4 is 15.9 Å². The van der Waals surface area contributed by atoms with E-state index in [1.165, 1.54) is 0 Å². The highest BCUT2D eigenvalue weighted by Crippen LogP contribution is 2.24. The van der Waals surface area contributed by atoms with Crippen molar-refractivity contribution in [2.75, 3.05) is 24.6 Å². The third-order valence-corrected chi connectivity index (χ3v) is 4.94. The summed E-state index contributed by atoms with van der Waals surface area (Å²) in [7, 11) is -2.97. The highest BCUT2D eigenvalue weighted by Gasteiger charge is 2.32. The van der Waals surface area contributed by atoms with Crippen molar-refractivity contribution in [1.29, 1.82) is 0 Å². The maximum absolute atomic E-state index is 11.5. The standard InChI is InChI=1S/C12H24N2O4S/c1-12(2,3)18-11(15)14-7-9-4-5-19(16,17)8-10(9)6-13/h9-10H,4-8,13H2,1-3H3,(H,14,15)/t9-,10-/m0/s1. The van der Waals surface area contributed by atoms with Gasteiger partial charge in [-0.05, 0) is 45.6 Å². The molecule has 0 spiro atoms. The van der Waals surface area contributed by atoms with E-state index in [-0.39, 0.29) is 23.3 Å². The summed E-state index contributed by atoms with van der Waals surface area (Å²) >= 11 is 0. The topological polar surface area (TPSA) is 98.5 Å². The Bertz CT molecular complexity index is 414. The lowest BCUT2D eigenvalue weighted by atomic mass is 9.91. The second-order valence-corrected chi connectivity index (χ2v) is 8.27. The predicted molar refractivity (Wildman–Crippen MR) is 73.5 cm³/mol. The van der Waals surface area contributed by atoms with E-state index in [0.29, 0.717) is 19.5 Å². The summed E-state index contributed by atoms with van der Waals surface area (Å²) in [5.74, 6) is 0.295. The zero-order chi connectivity index (χ0) is 14.7. The van der Waals surface area contributed by atoms with Crippen molar-refractivity contribution in [3.05, 3.63) is 0 Å². The molecule has 0 aromatic carbocycles. The van der Waals surface area contributed by atoms with Crippen LogP contribution in [0.2, 0.25) is 0 Å². The molecule has 0 radical (unpaired) electrons. The van der Waals surface area contributed by atoms with Crippen LogP contribution in [-0.4, -0.2) is 44.7 Å². The maximum Gasteiger partial charge on any atom is 0.407 e. The summed E-state index contributed by atoms with van der Waals surface area (Å²) in [4.78, 5) is 11.5. The molecule has 3 N–H and O–H groups in total. The molecular formula is C12H24N2O4S. The largest absolute Gasteiger partial charge is 0.444 e. The van der Waals surface area contributed by atoms with E-state index >= 15 is 0 Å². The fraction of sp³-hybridized carbons (Fsp3) is 0.917. The Morgan fingerprint density at radius 3 is 2.53 bits per heavy atom. The molecule has 1 aliphatic rings. The molecule has 0 bridgehead atoms. The molecular weight excluding hydrogens is 268 g/mol. The van der Waals surface area contributed by atoms with Crippen LogP contribution in [-0.2, 0) is 14.6 Å². The van der Waals surface area contributed by atoms with Crippen LogP contribution in [0.25, 0.3) is 0 Å². The van der Waals surface area contributed by atoms with Crippen LogP contribution in [0.4, 0.5) is 4.79 Å². The van der Waals surface area contributed by atoms with E-state index < -0.39 is 21.5 Å². The summed E-state index contributed by atoms with van der Waals surface area (Å²) in [6.07, 6.45) is 0.0664. The number of sulfone groups is 1. The lowest BCUT2D eigenvalue weighted by Gasteiger charge is -2.30. The van der Waals surface area contributed by atoms with Crippen molar-refractivity contribution in [3.8, 4) is 0 Å². The normalized spacial score (nSPS) is 26.7. The second kappa shape index (κ2) is 6.09. The Labute approximate surface area is 115 Å². The molecule has 1 heterocycles. The van der Waals surface area contributed by atoms with Crippen molar-refractivity contribution in [3.63, 3.8) is 0 Å². The molecule has 2 atom stereocenters. The highest BCUT2D eigenvalue weighted by atomic mass is 32.2. The fourth-order valence-corrected chi connectivity index (χ4v) is 4.06. The number of nitrogens with two attached hydrogens (primary N) is 1. The van der Waals surface area contributed by atoms with Gasteiger partial charge in [0.1, 0.15) is 5.60 Å². The molecule has 0 aromatic heterocycles. The first kappa shape index (κ1) is 16.2. The maximum atomic E-state index is 11.5. The van der Waals surface area contributed by atoms with Gasteiger partial charge >= 0.3 is 6.09 Å². The van der Waals surface area contributed by atoms with Crippen LogP contribution in [0.1, 0.15) is 27.2 Å². The van der Waals surface area contributed by atoms with Gasteiger partial charge in [0.15, 0.2) is 9.84 Å². The summed E-state index contributed by atoms with van der Waals surface area (Å²) in [5, 5.41) is 2.69. The predicted octanol–water partition coefficient (Wildman–Crippen LogP) is 0.521. The third-order valence-electron chi connectivity index (χ3n) is 3.14. The summed E-state index contributed by atoms with van der Waals surface area (Å²) in [6, 6.07) is 0. The van der Waals surface area contributed by atoms with E-state index in [1.807, 2.05) is 0 Å². The van der Waals surface area contributed by atoms with Crippen molar-refractivity contribution in [2.45, 2.75) is 32.8 Å². The van der Waals surface area contributed by atoms with E-state index in [4.69, 9.17) is 10.5 Å². The van der Waals surface area contributed by atoms with Gasteiger partial charge in [-0.25, -0.2) is 13.2 Å². The molecule has 0 saturated carbocycles. The van der Waals surface area contributed by atoms with Crippen LogP contribution < -0.4 is 11.1 Å². The number of ether oxygens (including phenoxy) is 1. The Kier molecular flexibility index (Phi) is 5.20. The van der Waals surface area contributed by atoms with E-state index in [0.717, 1.165) is 0 Å². The second-order valence-electron chi connectivity index (χ2n) is 6.04. The number of rotatable bonds is 3. The Hall–Kier alpha value is -0.820. The molecule has 1 fully saturated rings. The third kappa shape index (κ3) is 5.78. The van der Waals surface area contributed by atoms with Crippen LogP contribution in [0.5, 0.6) is 0 Å². The van der Waals surface area contributed by atoms with E-state index in [2.05, 4.69) is 5.32 Å². The number of carbonyl (C=O) groups is 1. The molecule has 1 aliphatic heterocycles. The van der Waals surface area contributed by atoms with Crippen molar-refractivity contribution in [1.82, 2.24) is 5.32 Å². The molecule has 6 nitrogen and oxygen atoms in total. The SMILES string of the molecule is CC(C)(C)OC(=O)NC[C@@H]1CCS(=O)(=O)C[C@@H]1CN. The average Bonchev–Trinajstić information content (AvgIpc) is 2.24. The van der Waals surface area contributed by atoms with Crippen molar-refractivity contribution < 1.29 is 17.9 Å². The number of alkyl carbamates (subject to hydrolysis) is 1. The summed E-state index contributed by atoms with van der Waals surface area (Å²) < 4.78 is 28.2. The minimum absolute atomic E-state index is 0.0892. The van der Waals surface area contributed by atoms with Gasteiger partial charge in [-0.15, -0.1) is 0 Å². The number of hydrogen-bond acceptors (Lipinski definition) is 5. The molecule has 1 saturated heterocycles. The molecule has 0 aliphatic carbocycles. The first-order valence-electron chi connectivity index (χ1n) is 6.50. The van der Waals surface area contributed by atoms with Crippen molar-refractivity contribution in [2.24, 2.45) is 17.6 Å². The molecule has 19 heavy (non-hydrogen) atoms. The van der Waals surface area contributed by atoms with Gasteiger partial charge in [0.05, 0.1) is 11.5 Å².